The first-order chi connectivity index (χ1) is 9.36. The zero-order valence-electron chi connectivity index (χ0n) is 13.8. The molecule has 0 aromatic heterocycles. The van der Waals surface area contributed by atoms with Crippen LogP contribution in [0.25, 0.3) is 0 Å². The Morgan fingerprint density at radius 1 is 1.30 bits per heavy atom. The van der Waals surface area contributed by atoms with Gasteiger partial charge in [0.2, 0.25) is 0 Å². The van der Waals surface area contributed by atoms with Crippen molar-refractivity contribution in [2.24, 2.45) is 0 Å². The van der Waals surface area contributed by atoms with Crippen LogP contribution in [0, 0.1) is 6.92 Å². The molecule has 0 spiro atoms. The van der Waals surface area contributed by atoms with Gasteiger partial charge in [0, 0.05) is 10.6 Å². The van der Waals surface area contributed by atoms with Crippen LogP contribution in [-0.4, -0.2) is 31.1 Å². The molecule has 0 saturated heterocycles. The highest BCUT2D eigenvalue weighted by Crippen LogP contribution is 2.34. The standard InChI is InChI=1S/C17H29ClN2/c1-7-11-19-16(17(4,8-2)20(5)6)14-10-9-13(3)15(18)12-14/h9-10,12,16,19H,7-8,11H2,1-6H3. The largest absolute Gasteiger partial charge is 0.308 e. The predicted octanol–water partition coefficient (Wildman–Crippen LogP) is 4.42. The molecule has 0 heterocycles. The third-order valence-electron chi connectivity index (χ3n) is 4.49. The van der Waals surface area contributed by atoms with Crippen molar-refractivity contribution in [3.63, 3.8) is 0 Å². The second-order valence-corrected chi connectivity index (χ2v) is 6.41. The summed E-state index contributed by atoms with van der Waals surface area (Å²) in [4.78, 5) is 2.31. The van der Waals surface area contributed by atoms with Gasteiger partial charge in [-0.05, 0) is 64.5 Å². The van der Waals surface area contributed by atoms with Gasteiger partial charge in [0.15, 0.2) is 0 Å². The van der Waals surface area contributed by atoms with E-state index in [-0.39, 0.29) is 11.6 Å². The summed E-state index contributed by atoms with van der Waals surface area (Å²) < 4.78 is 0. The Bertz CT molecular complexity index is 431. The Morgan fingerprint density at radius 3 is 2.40 bits per heavy atom. The number of nitrogens with zero attached hydrogens (tertiary/aromatic N) is 1. The topological polar surface area (TPSA) is 15.3 Å². The summed E-state index contributed by atoms with van der Waals surface area (Å²) in [7, 11) is 4.31. The van der Waals surface area contributed by atoms with Gasteiger partial charge in [-0.1, -0.05) is 37.6 Å². The van der Waals surface area contributed by atoms with Crippen LogP contribution in [0.2, 0.25) is 5.02 Å². The van der Waals surface area contributed by atoms with Crippen LogP contribution < -0.4 is 5.32 Å². The third-order valence-corrected chi connectivity index (χ3v) is 4.89. The predicted molar refractivity (Wildman–Crippen MR) is 89.6 cm³/mol. The third kappa shape index (κ3) is 3.75. The molecule has 0 aliphatic heterocycles. The lowest BCUT2D eigenvalue weighted by Crippen LogP contribution is -2.51. The first kappa shape index (κ1) is 17.5. The van der Waals surface area contributed by atoms with Crippen molar-refractivity contribution < 1.29 is 0 Å². The maximum atomic E-state index is 6.32. The zero-order chi connectivity index (χ0) is 15.3. The van der Waals surface area contributed by atoms with Gasteiger partial charge in [-0.3, -0.25) is 0 Å². The fraction of sp³-hybridized carbons (Fsp3) is 0.647. The van der Waals surface area contributed by atoms with Crippen LogP contribution in [0.1, 0.15) is 50.8 Å². The van der Waals surface area contributed by atoms with Gasteiger partial charge in [-0.2, -0.15) is 0 Å². The fourth-order valence-electron chi connectivity index (χ4n) is 2.55. The van der Waals surface area contributed by atoms with Gasteiger partial charge in [-0.15, -0.1) is 0 Å². The molecule has 20 heavy (non-hydrogen) atoms. The lowest BCUT2D eigenvalue weighted by Gasteiger charge is -2.43. The van der Waals surface area contributed by atoms with E-state index in [4.69, 9.17) is 11.6 Å². The average Bonchev–Trinajstić information content (AvgIpc) is 2.42. The van der Waals surface area contributed by atoms with E-state index < -0.39 is 0 Å². The minimum Gasteiger partial charge on any atom is -0.308 e. The maximum absolute atomic E-state index is 6.32. The number of halogens is 1. The fourth-order valence-corrected chi connectivity index (χ4v) is 2.74. The summed E-state index contributed by atoms with van der Waals surface area (Å²) >= 11 is 6.32. The summed E-state index contributed by atoms with van der Waals surface area (Å²) in [6.07, 6.45) is 2.20. The molecule has 1 aromatic rings. The summed E-state index contributed by atoms with van der Waals surface area (Å²) in [5.74, 6) is 0. The number of nitrogens with one attached hydrogen (secondary N) is 1. The molecule has 1 N–H and O–H groups in total. The maximum Gasteiger partial charge on any atom is 0.0504 e. The van der Waals surface area contributed by atoms with Gasteiger partial charge >= 0.3 is 0 Å². The number of benzene rings is 1. The van der Waals surface area contributed by atoms with E-state index in [0.717, 1.165) is 30.0 Å². The summed E-state index contributed by atoms with van der Waals surface area (Å²) in [5.41, 5.74) is 2.47. The van der Waals surface area contributed by atoms with Crippen molar-refractivity contribution in [3.05, 3.63) is 34.3 Å². The van der Waals surface area contributed by atoms with E-state index in [2.05, 4.69) is 63.3 Å². The van der Waals surface area contributed by atoms with Crippen molar-refractivity contribution in [1.29, 1.82) is 0 Å². The van der Waals surface area contributed by atoms with Crippen LogP contribution in [-0.2, 0) is 0 Å². The Morgan fingerprint density at radius 2 is 1.95 bits per heavy atom. The van der Waals surface area contributed by atoms with Crippen molar-refractivity contribution in [2.45, 2.75) is 52.1 Å². The number of hydrogen-bond donors (Lipinski definition) is 1. The molecule has 2 nitrogen and oxygen atoms in total. The summed E-state index contributed by atoms with van der Waals surface area (Å²) in [6.45, 7) is 9.82. The van der Waals surface area contributed by atoms with E-state index in [0.29, 0.717) is 0 Å². The molecule has 1 rings (SSSR count). The van der Waals surface area contributed by atoms with E-state index >= 15 is 0 Å². The second-order valence-electron chi connectivity index (χ2n) is 6.00. The van der Waals surface area contributed by atoms with Crippen LogP contribution in [0.5, 0.6) is 0 Å². The van der Waals surface area contributed by atoms with Gasteiger partial charge in [0.05, 0.1) is 6.04 Å². The SMILES string of the molecule is CCCNC(c1ccc(C)c(Cl)c1)C(C)(CC)N(C)C. The molecule has 1 aromatic carbocycles. The molecular formula is C17H29ClN2. The summed E-state index contributed by atoms with van der Waals surface area (Å²) in [5, 5.41) is 4.55. The van der Waals surface area contributed by atoms with Gasteiger partial charge in [0.1, 0.15) is 0 Å². The van der Waals surface area contributed by atoms with Gasteiger partial charge in [0.25, 0.3) is 0 Å². The van der Waals surface area contributed by atoms with Crippen LogP contribution in [0.4, 0.5) is 0 Å². The van der Waals surface area contributed by atoms with Crippen LogP contribution in [0.3, 0.4) is 0 Å². The van der Waals surface area contributed by atoms with E-state index in [1.807, 2.05) is 6.92 Å². The molecule has 0 aliphatic carbocycles. The Labute approximate surface area is 129 Å². The first-order valence-corrected chi connectivity index (χ1v) is 7.91. The Hall–Kier alpha value is -0.570. The Kier molecular flexibility index (Phi) is 6.50. The average molecular weight is 297 g/mol. The minimum absolute atomic E-state index is 0.0633. The molecule has 3 heteroatoms. The molecule has 0 radical (unpaired) electrons. The van der Waals surface area contributed by atoms with E-state index in [1.54, 1.807) is 0 Å². The normalized spacial score (nSPS) is 16.2. The molecule has 2 atom stereocenters. The lowest BCUT2D eigenvalue weighted by molar-refractivity contribution is 0.113. The molecular weight excluding hydrogens is 268 g/mol. The first-order valence-electron chi connectivity index (χ1n) is 7.53. The monoisotopic (exact) mass is 296 g/mol. The highest BCUT2D eigenvalue weighted by atomic mass is 35.5. The second kappa shape index (κ2) is 7.44. The number of aryl methyl sites for hydroxylation is 1. The summed E-state index contributed by atoms with van der Waals surface area (Å²) in [6, 6.07) is 6.71. The molecule has 0 saturated carbocycles. The molecule has 0 fully saturated rings. The van der Waals surface area contributed by atoms with Crippen LogP contribution in [0.15, 0.2) is 18.2 Å². The highest BCUT2D eigenvalue weighted by molar-refractivity contribution is 6.31. The number of likely N-dealkylation sites (N-methyl/N-ethyl adjacent to an activating group) is 1. The van der Waals surface area contributed by atoms with Crippen molar-refractivity contribution >= 4 is 11.6 Å². The lowest BCUT2D eigenvalue weighted by atomic mass is 9.83. The molecule has 0 aliphatic rings. The quantitative estimate of drug-likeness (QED) is 0.801. The smallest absolute Gasteiger partial charge is 0.0504 e. The molecule has 0 bridgehead atoms. The van der Waals surface area contributed by atoms with Crippen molar-refractivity contribution in [1.82, 2.24) is 10.2 Å². The Balaban J connectivity index is 3.19. The highest BCUT2D eigenvalue weighted by Gasteiger charge is 2.35. The zero-order valence-corrected chi connectivity index (χ0v) is 14.5. The van der Waals surface area contributed by atoms with E-state index in [9.17, 15) is 0 Å². The van der Waals surface area contributed by atoms with E-state index in [1.165, 1.54) is 5.56 Å². The number of hydrogen-bond acceptors (Lipinski definition) is 2. The molecule has 0 amide bonds. The van der Waals surface area contributed by atoms with Crippen molar-refractivity contribution in [3.8, 4) is 0 Å². The van der Waals surface area contributed by atoms with Crippen LogP contribution >= 0.6 is 11.6 Å². The molecule has 114 valence electrons. The van der Waals surface area contributed by atoms with Gasteiger partial charge in [-0.25, -0.2) is 0 Å². The van der Waals surface area contributed by atoms with Crippen molar-refractivity contribution in [2.75, 3.05) is 20.6 Å². The molecule has 2 unspecified atom stereocenters. The minimum atomic E-state index is 0.0633. The van der Waals surface area contributed by atoms with Gasteiger partial charge < -0.3 is 10.2 Å². The number of rotatable bonds is 7.